The van der Waals surface area contributed by atoms with Gasteiger partial charge in [0.2, 0.25) is 0 Å². The van der Waals surface area contributed by atoms with Gasteiger partial charge in [-0.3, -0.25) is 4.57 Å². The minimum Gasteiger partial charge on any atom is -0.487 e. The lowest BCUT2D eigenvalue weighted by Gasteiger charge is -2.32. The standard InChI is InChI=1S/C23H17F10N3O3/c1-12(20(9-39-20)16-7-2-13(24)8-17(16)25)35-11-34-36(19(35)37)14-3-5-15(6-4-14)38-10-21(28,29)23(32,33)22(30,31)18(26)27/h2-8,11-12,18H,9-10H2,1H3/t12-,20-/m1/s1. The number of hydrogen-bond acceptors (Lipinski definition) is 4. The molecule has 0 aliphatic carbocycles. The van der Waals surface area contributed by atoms with Crippen LogP contribution >= 0.6 is 0 Å². The van der Waals surface area contributed by atoms with Gasteiger partial charge in [-0.15, -0.1) is 0 Å². The Balaban J connectivity index is 1.50. The fourth-order valence-electron chi connectivity index (χ4n) is 3.84. The molecule has 1 fully saturated rings. The summed E-state index contributed by atoms with van der Waals surface area (Å²) in [6.07, 6.45) is -3.94. The quantitative estimate of drug-likeness (QED) is 0.243. The molecule has 6 nitrogen and oxygen atoms in total. The van der Waals surface area contributed by atoms with Crippen molar-refractivity contribution < 1.29 is 53.4 Å². The van der Waals surface area contributed by atoms with Crippen molar-refractivity contribution in [1.82, 2.24) is 14.3 Å². The van der Waals surface area contributed by atoms with E-state index in [1.54, 1.807) is 0 Å². The van der Waals surface area contributed by atoms with Crippen LogP contribution in [-0.2, 0) is 10.3 Å². The van der Waals surface area contributed by atoms with Crippen molar-refractivity contribution in [3.05, 3.63) is 76.5 Å². The Morgan fingerprint density at radius 3 is 2.21 bits per heavy atom. The van der Waals surface area contributed by atoms with Crippen LogP contribution in [0, 0.1) is 11.6 Å². The van der Waals surface area contributed by atoms with E-state index >= 15 is 0 Å². The van der Waals surface area contributed by atoms with Crippen LogP contribution in [0.15, 0.2) is 53.6 Å². The van der Waals surface area contributed by atoms with Gasteiger partial charge in [0, 0.05) is 11.6 Å². The third kappa shape index (κ3) is 4.74. The molecule has 0 N–H and O–H groups in total. The summed E-state index contributed by atoms with van der Waals surface area (Å²) in [4.78, 5) is 13.0. The fourth-order valence-corrected chi connectivity index (χ4v) is 3.84. The highest BCUT2D eigenvalue weighted by Gasteiger charge is 2.75. The SMILES string of the molecule is C[C@@H](n1cnn(-c2ccc(OCC(F)(F)C(F)(F)C(F)(F)C(F)F)cc2)c1=O)[C@@]1(c2ccc(F)cc2F)CO1. The van der Waals surface area contributed by atoms with E-state index in [1.807, 2.05) is 0 Å². The number of rotatable bonds is 10. The molecule has 0 bridgehead atoms. The maximum atomic E-state index is 14.4. The summed E-state index contributed by atoms with van der Waals surface area (Å²) in [5, 5.41) is 3.91. The molecule has 1 aliphatic heterocycles. The van der Waals surface area contributed by atoms with Crippen molar-refractivity contribution >= 4 is 0 Å². The van der Waals surface area contributed by atoms with Gasteiger partial charge in [-0.25, -0.2) is 22.4 Å². The van der Waals surface area contributed by atoms with E-state index in [-0.39, 0.29) is 17.9 Å². The zero-order valence-electron chi connectivity index (χ0n) is 19.5. The van der Waals surface area contributed by atoms with Crippen LogP contribution < -0.4 is 10.4 Å². The van der Waals surface area contributed by atoms with E-state index in [4.69, 9.17) is 4.74 Å². The highest BCUT2D eigenvalue weighted by Crippen LogP contribution is 2.49. The first-order chi connectivity index (χ1) is 18.0. The van der Waals surface area contributed by atoms with E-state index in [1.165, 1.54) is 13.0 Å². The Morgan fingerprint density at radius 2 is 1.67 bits per heavy atom. The van der Waals surface area contributed by atoms with E-state index in [0.29, 0.717) is 6.07 Å². The third-order valence-electron chi connectivity index (χ3n) is 6.28. The van der Waals surface area contributed by atoms with Gasteiger partial charge < -0.3 is 9.47 Å². The van der Waals surface area contributed by atoms with E-state index in [0.717, 1.165) is 45.9 Å². The minimum atomic E-state index is -6.41. The summed E-state index contributed by atoms with van der Waals surface area (Å²) in [5.41, 5.74) is -1.99. The van der Waals surface area contributed by atoms with Crippen LogP contribution in [0.5, 0.6) is 5.75 Å². The second-order valence-corrected chi connectivity index (χ2v) is 8.70. The monoisotopic (exact) mass is 573 g/mol. The first kappa shape index (κ1) is 28.4. The van der Waals surface area contributed by atoms with E-state index in [9.17, 15) is 48.7 Å². The minimum absolute atomic E-state index is 0.0197. The van der Waals surface area contributed by atoms with Crippen molar-refractivity contribution in [2.24, 2.45) is 0 Å². The molecule has 2 heterocycles. The molecule has 2 atom stereocenters. The summed E-state index contributed by atoms with van der Waals surface area (Å²) in [6, 6.07) is 6.09. The van der Waals surface area contributed by atoms with Gasteiger partial charge in [0.1, 0.15) is 29.3 Å². The van der Waals surface area contributed by atoms with Crippen LogP contribution in [0.3, 0.4) is 0 Å². The van der Waals surface area contributed by atoms with Gasteiger partial charge in [-0.1, -0.05) is 6.07 Å². The van der Waals surface area contributed by atoms with Crippen molar-refractivity contribution in [2.75, 3.05) is 13.2 Å². The van der Waals surface area contributed by atoms with Crippen LogP contribution in [0.1, 0.15) is 18.5 Å². The number of nitrogens with zero attached hydrogens (tertiary/aromatic N) is 3. The lowest BCUT2D eigenvalue weighted by Crippen LogP contribution is -2.59. The van der Waals surface area contributed by atoms with Gasteiger partial charge in [-0.2, -0.15) is 36.1 Å². The molecule has 39 heavy (non-hydrogen) atoms. The molecule has 0 saturated carbocycles. The Bertz CT molecular complexity index is 1400. The van der Waals surface area contributed by atoms with Gasteiger partial charge >= 0.3 is 29.9 Å². The summed E-state index contributed by atoms with van der Waals surface area (Å²) < 4.78 is 144. The molecular formula is C23H17F10N3O3. The summed E-state index contributed by atoms with van der Waals surface area (Å²) in [7, 11) is 0. The average Bonchev–Trinajstić information content (AvgIpc) is 3.58. The Morgan fingerprint density at radius 1 is 1.05 bits per heavy atom. The van der Waals surface area contributed by atoms with Crippen molar-refractivity contribution in [3.8, 4) is 11.4 Å². The number of epoxide rings is 1. The molecule has 0 amide bonds. The largest absolute Gasteiger partial charge is 0.487 e. The van der Waals surface area contributed by atoms with Crippen LogP contribution in [0.4, 0.5) is 43.9 Å². The summed E-state index contributed by atoms with van der Waals surface area (Å²) >= 11 is 0. The van der Waals surface area contributed by atoms with E-state index < -0.39 is 65.5 Å². The summed E-state index contributed by atoms with van der Waals surface area (Å²) in [5.74, 6) is -20.6. The fraction of sp³-hybridized carbons (Fsp3) is 0.391. The van der Waals surface area contributed by atoms with Crippen molar-refractivity contribution in [2.45, 2.75) is 42.8 Å². The summed E-state index contributed by atoms with van der Waals surface area (Å²) in [6.45, 7) is -0.795. The first-order valence-corrected chi connectivity index (χ1v) is 11.0. The highest BCUT2D eigenvalue weighted by atomic mass is 19.4. The lowest BCUT2D eigenvalue weighted by molar-refractivity contribution is -0.342. The van der Waals surface area contributed by atoms with Crippen molar-refractivity contribution in [3.63, 3.8) is 0 Å². The van der Waals surface area contributed by atoms with Crippen LogP contribution in [-0.4, -0.2) is 51.8 Å². The second-order valence-electron chi connectivity index (χ2n) is 8.70. The molecule has 0 unspecified atom stereocenters. The molecule has 1 saturated heterocycles. The van der Waals surface area contributed by atoms with Crippen molar-refractivity contribution in [1.29, 1.82) is 0 Å². The molecule has 3 aromatic rings. The molecule has 1 aliphatic rings. The predicted molar refractivity (Wildman–Crippen MR) is 113 cm³/mol. The number of hydrogen-bond donors (Lipinski definition) is 0. The molecule has 0 spiro atoms. The smallest absolute Gasteiger partial charge is 0.381 e. The average molecular weight is 573 g/mol. The Labute approximate surface area is 212 Å². The number of halogens is 10. The molecule has 4 rings (SSSR count). The van der Waals surface area contributed by atoms with Gasteiger partial charge in [-0.05, 0) is 37.3 Å². The number of alkyl halides is 8. The van der Waals surface area contributed by atoms with Crippen LogP contribution in [0.2, 0.25) is 0 Å². The Kier molecular flexibility index (Phi) is 6.98. The lowest BCUT2D eigenvalue weighted by atomic mass is 9.92. The number of aromatic nitrogens is 3. The number of ether oxygens (including phenoxy) is 2. The topological polar surface area (TPSA) is 61.6 Å². The first-order valence-electron chi connectivity index (χ1n) is 11.0. The molecule has 0 radical (unpaired) electrons. The van der Waals surface area contributed by atoms with Crippen LogP contribution in [0.25, 0.3) is 5.69 Å². The zero-order chi connectivity index (χ0) is 29.0. The van der Waals surface area contributed by atoms with Gasteiger partial charge in [0.25, 0.3) is 0 Å². The number of benzene rings is 2. The second kappa shape index (κ2) is 9.57. The third-order valence-corrected chi connectivity index (χ3v) is 6.28. The molecular weight excluding hydrogens is 556 g/mol. The highest BCUT2D eigenvalue weighted by molar-refractivity contribution is 5.37. The molecule has 16 heteroatoms. The molecule has 212 valence electrons. The zero-order valence-corrected chi connectivity index (χ0v) is 19.5. The predicted octanol–water partition coefficient (Wildman–Crippen LogP) is 5.35. The molecule has 2 aromatic carbocycles. The Hall–Kier alpha value is -3.56. The van der Waals surface area contributed by atoms with E-state index in [2.05, 4.69) is 9.84 Å². The maximum Gasteiger partial charge on any atom is 0.381 e. The normalized spacial score (nSPS) is 18.9. The van der Waals surface area contributed by atoms with Gasteiger partial charge in [0.05, 0.1) is 18.3 Å². The van der Waals surface area contributed by atoms with Gasteiger partial charge in [0.15, 0.2) is 6.61 Å². The maximum absolute atomic E-state index is 14.4. The molecule has 1 aromatic heterocycles.